The highest BCUT2D eigenvalue weighted by molar-refractivity contribution is 5.82. The molecule has 0 saturated carbocycles. The van der Waals surface area contributed by atoms with E-state index in [-0.39, 0.29) is 11.6 Å². The second kappa shape index (κ2) is 5.15. The summed E-state index contributed by atoms with van der Waals surface area (Å²) in [7, 11) is 0. The van der Waals surface area contributed by atoms with Crippen LogP contribution in [-0.2, 0) is 0 Å². The Bertz CT molecular complexity index is 601. The fourth-order valence-electron chi connectivity index (χ4n) is 3.52. The molecule has 106 valence electrons. The zero-order chi connectivity index (χ0) is 14.2. The molecule has 3 rings (SSSR count). The van der Waals surface area contributed by atoms with Gasteiger partial charge in [0.2, 0.25) is 0 Å². The molecule has 1 atom stereocenters. The molecule has 1 aromatic carbocycles. The van der Waals surface area contributed by atoms with Crippen molar-refractivity contribution in [3.8, 4) is 0 Å². The van der Waals surface area contributed by atoms with Crippen LogP contribution in [-0.4, -0.2) is 28.5 Å². The smallest absolute Gasteiger partial charge is 0.0750 e. The van der Waals surface area contributed by atoms with Crippen LogP contribution >= 0.6 is 0 Å². The van der Waals surface area contributed by atoms with Crippen molar-refractivity contribution >= 4 is 10.9 Å². The maximum atomic E-state index is 6.13. The Morgan fingerprint density at radius 2 is 2.10 bits per heavy atom. The zero-order valence-corrected chi connectivity index (χ0v) is 12.3. The summed E-state index contributed by atoms with van der Waals surface area (Å²) in [5.41, 5.74) is 8.71. The largest absolute Gasteiger partial charge is 0.329 e. The van der Waals surface area contributed by atoms with Gasteiger partial charge in [-0.2, -0.15) is 0 Å². The number of nitrogens with zero attached hydrogens (tertiary/aromatic N) is 2. The predicted octanol–water partition coefficient (Wildman–Crippen LogP) is 3.11. The minimum Gasteiger partial charge on any atom is -0.329 e. The Balaban J connectivity index is 2.08. The first kappa shape index (κ1) is 13.5. The Kier molecular flexibility index (Phi) is 3.48. The van der Waals surface area contributed by atoms with Gasteiger partial charge in [0, 0.05) is 29.7 Å². The Hall–Kier alpha value is -1.45. The maximum Gasteiger partial charge on any atom is 0.0750 e. The second-order valence-electron chi connectivity index (χ2n) is 6.28. The van der Waals surface area contributed by atoms with Gasteiger partial charge in [-0.25, -0.2) is 0 Å². The lowest BCUT2D eigenvalue weighted by atomic mass is 9.96. The number of hydrogen-bond donors (Lipinski definition) is 1. The first-order chi connectivity index (χ1) is 9.63. The standard InChI is InChI=1S/C17H23N3/c1-17(2)9-5-11-20(17)15(12-18)14-8-3-6-13-7-4-10-19-16(13)14/h3-4,6-8,10,15H,5,9,11-12,18H2,1-2H3. The van der Waals surface area contributed by atoms with Gasteiger partial charge in [-0.15, -0.1) is 0 Å². The van der Waals surface area contributed by atoms with Crippen molar-refractivity contribution in [3.63, 3.8) is 0 Å². The fraction of sp³-hybridized carbons (Fsp3) is 0.471. The van der Waals surface area contributed by atoms with E-state index in [0.717, 1.165) is 12.1 Å². The van der Waals surface area contributed by atoms with Crippen LogP contribution in [0, 0.1) is 0 Å². The molecule has 1 fully saturated rings. The molecule has 2 N–H and O–H groups in total. The SMILES string of the molecule is CC1(C)CCCN1C(CN)c1cccc2cccnc12. The van der Waals surface area contributed by atoms with Crippen LogP contribution in [0.1, 0.15) is 38.3 Å². The van der Waals surface area contributed by atoms with Crippen LogP contribution in [0.2, 0.25) is 0 Å². The third-order valence-electron chi connectivity index (χ3n) is 4.59. The fourth-order valence-corrected chi connectivity index (χ4v) is 3.52. The molecule has 1 saturated heterocycles. The summed E-state index contributed by atoms with van der Waals surface area (Å²) in [5, 5.41) is 1.19. The number of para-hydroxylation sites is 1. The molecule has 0 bridgehead atoms. The Morgan fingerprint density at radius 1 is 1.30 bits per heavy atom. The number of aromatic nitrogens is 1. The van der Waals surface area contributed by atoms with Crippen molar-refractivity contribution in [1.82, 2.24) is 9.88 Å². The van der Waals surface area contributed by atoms with E-state index >= 15 is 0 Å². The molecule has 1 unspecified atom stereocenters. The minimum absolute atomic E-state index is 0.223. The molecule has 0 radical (unpaired) electrons. The molecular formula is C17H23N3. The van der Waals surface area contributed by atoms with E-state index in [1.807, 2.05) is 12.3 Å². The molecule has 3 nitrogen and oxygen atoms in total. The quantitative estimate of drug-likeness (QED) is 0.931. The first-order valence-corrected chi connectivity index (χ1v) is 7.44. The van der Waals surface area contributed by atoms with E-state index in [0.29, 0.717) is 6.54 Å². The summed E-state index contributed by atoms with van der Waals surface area (Å²) in [6.45, 7) is 6.40. The molecule has 20 heavy (non-hydrogen) atoms. The highest BCUT2D eigenvalue weighted by Crippen LogP contribution is 2.37. The highest BCUT2D eigenvalue weighted by Gasteiger charge is 2.37. The van der Waals surface area contributed by atoms with Gasteiger partial charge in [0.05, 0.1) is 5.52 Å². The lowest BCUT2D eigenvalue weighted by molar-refractivity contribution is 0.120. The van der Waals surface area contributed by atoms with Gasteiger partial charge >= 0.3 is 0 Å². The van der Waals surface area contributed by atoms with Gasteiger partial charge in [-0.05, 0) is 44.9 Å². The molecule has 3 heteroatoms. The summed E-state index contributed by atoms with van der Waals surface area (Å²) in [6, 6.07) is 10.8. The van der Waals surface area contributed by atoms with E-state index in [1.165, 1.54) is 23.8 Å². The molecule has 1 aliphatic heterocycles. The van der Waals surface area contributed by atoms with Gasteiger partial charge in [0.1, 0.15) is 0 Å². The topological polar surface area (TPSA) is 42.1 Å². The molecule has 0 aliphatic carbocycles. The molecule has 1 aromatic heterocycles. The van der Waals surface area contributed by atoms with Crippen molar-refractivity contribution < 1.29 is 0 Å². The van der Waals surface area contributed by atoms with Crippen LogP contribution < -0.4 is 5.73 Å². The average molecular weight is 269 g/mol. The van der Waals surface area contributed by atoms with E-state index < -0.39 is 0 Å². The second-order valence-corrected chi connectivity index (χ2v) is 6.28. The third-order valence-corrected chi connectivity index (χ3v) is 4.59. The molecule has 1 aliphatic rings. The Labute approximate surface area is 120 Å². The normalized spacial score (nSPS) is 20.4. The van der Waals surface area contributed by atoms with Gasteiger partial charge in [-0.1, -0.05) is 24.3 Å². The Morgan fingerprint density at radius 3 is 2.80 bits per heavy atom. The van der Waals surface area contributed by atoms with Crippen molar-refractivity contribution in [1.29, 1.82) is 0 Å². The third kappa shape index (κ3) is 2.21. The summed E-state index contributed by atoms with van der Waals surface area (Å²) in [4.78, 5) is 7.14. The maximum absolute atomic E-state index is 6.13. The number of pyridine rings is 1. The average Bonchev–Trinajstić information content (AvgIpc) is 2.80. The van der Waals surface area contributed by atoms with Gasteiger partial charge in [0.15, 0.2) is 0 Å². The predicted molar refractivity (Wildman–Crippen MR) is 83.6 cm³/mol. The van der Waals surface area contributed by atoms with Crippen molar-refractivity contribution in [2.75, 3.05) is 13.1 Å². The van der Waals surface area contributed by atoms with E-state index in [4.69, 9.17) is 5.73 Å². The van der Waals surface area contributed by atoms with Crippen molar-refractivity contribution in [2.24, 2.45) is 5.73 Å². The number of rotatable bonds is 3. The number of likely N-dealkylation sites (tertiary alicyclic amines) is 1. The van der Waals surface area contributed by atoms with Crippen molar-refractivity contribution in [3.05, 3.63) is 42.1 Å². The van der Waals surface area contributed by atoms with Crippen LogP contribution in [0.3, 0.4) is 0 Å². The summed E-state index contributed by atoms with van der Waals surface area (Å²) in [5.74, 6) is 0. The first-order valence-electron chi connectivity index (χ1n) is 7.44. The molecule has 0 amide bonds. The van der Waals surface area contributed by atoms with E-state index in [2.05, 4.69) is 48.0 Å². The van der Waals surface area contributed by atoms with Gasteiger partial charge in [0.25, 0.3) is 0 Å². The van der Waals surface area contributed by atoms with Crippen molar-refractivity contribution in [2.45, 2.75) is 38.3 Å². The van der Waals surface area contributed by atoms with Crippen LogP contribution in [0.4, 0.5) is 0 Å². The number of hydrogen-bond acceptors (Lipinski definition) is 3. The van der Waals surface area contributed by atoms with Crippen LogP contribution in [0.25, 0.3) is 10.9 Å². The van der Waals surface area contributed by atoms with Crippen LogP contribution in [0.5, 0.6) is 0 Å². The molecule has 2 heterocycles. The lowest BCUT2D eigenvalue weighted by Gasteiger charge is -2.38. The molecular weight excluding hydrogens is 246 g/mol. The van der Waals surface area contributed by atoms with E-state index in [1.54, 1.807) is 0 Å². The van der Waals surface area contributed by atoms with Crippen LogP contribution in [0.15, 0.2) is 36.5 Å². The molecule has 0 spiro atoms. The number of fused-ring (bicyclic) bond motifs is 1. The number of nitrogens with two attached hydrogens (primary N) is 1. The number of benzene rings is 1. The van der Waals surface area contributed by atoms with Gasteiger partial charge in [-0.3, -0.25) is 9.88 Å². The lowest BCUT2D eigenvalue weighted by Crippen LogP contribution is -2.43. The minimum atomic E-state index is 0.223. The monoisotopic (exact) mass is 269 g/mol. The summed E-state index contributed by atoms with van der Waals surface area (Å²) < 4.78 is 0. The van der Waals surface area contributed by atoms with E-state index in [9.17, 15) is 0 Å². The molecule has 2 aromatic rings. The zero-order valence-electron chi connectivity index (χ0n) is 12.3. The summed E-state index contributed by atoms with van der Waals surface area (Å²) >= 11 is 0. The van der Waals surface area contributed by atoms with Gasteiger partial charge < -0.3 is 5.73 Å². The highest BCUT2D eigenvalue weighted by atomic mass is 15.2. The summed E-state index contributed by atoms with van der Waals surface area (Å²) in [6.07, 6.45) is 4.36.